The molecule has 0 aliphatic carbocycles. The van der Waals surface area contributed by atoms with Crippen molar-refractivity contribution in [3.8, 4) is 0 Å². The number of ether oxygens (including phenoxy) is 2. The highest BCUT2D eigenvalue weighted by Crippen LogP contribution is 2.41. The van der Waals surface area contributed by atoms with Crippen LogP contribution >= 0.6 is 23.2 Å². The fourth-order valence-corrected chi connectivity index (χ4v) is 4.34. The molecule has 1 aliphatic heterocycles. The number of halogens is 2. The van der Waals surface area contributed by atoms with Crippen LogP contribution in [0.2, 0.25) is 10.4 Å². The van der Waals surface area contributed by atoms with E-state index in [1.807, 2.05) is 36.4 Å². The van der Waals surface area contributed by atoms with E-state index in [4.69, 9.17) is 32.7 Å². The molecule has 4 atom stereocenters. The summed E-state index contributed by atoms with van der Waals surface area (Å²) in [6, 6.07) is 16.1. The van der Waals surface area contributed by atoms with Gasteiger partial charge in [-0.15, -0.1) is 0 Å². The third kappa shape index (κ3) is 3.87. The molecule has 2 heterocycles. The lowest BCUT2D eigenvalue weighted by atomic mass is 9.93. The van der Waals surface area contributed by atoms with Gasteiger partial charge >= 0.3 is 0 Å². The maximum Gasteiger partial charge on any atom is 0.224 e. The summed E-state index contributed by atoms with van der Waals surface area (Å²) >= 11 is 12.2. The Morgan fingerprint density at radius 1 is 1.07 bits per heavy atom. The SMILES string of the molecule is CC[C@H]1O[C@@H](c2ccc3c(Cl)nc(Cl)nc3c2)[C@H](OCc2ccccc2)[C@@H]1C. The average molecular weight is 417 g/mol. The summed E-state index contributed by atoms with van der Waals surface area (Å²) in [7, 11) is 0. The topological polar surface area (TPSA) is 44.2 Å². The second-order valence-corrected chi connectivity index (χ2v) is 7.88. The van der Waals surface area contributed by atoms with Crippen LogP contribution in [0.3, 0.4) is 0 Å². The highest BCUT2D eigenvalue weighted by atomic mass is 35.5. The van der Waals surface area contributed by atoms with Gasteiger partial charge in [0.15, 0.2) is 0 Å². The maximum atomic E-state index is 6.38. The van der Waals surface area contributed by atoms with Crippen molar-refractivity contribution in [3.05, 3.63) is 70.1 Å². The smallest absolute Gasteiger partial charge is 0.224 e. The van der Waals surface area contributed by atoms with Gasteiger partial charge in [0.25, 0.3) is 0 Å². The molecule has 0 N–H and O–H groups in total. The minimum atomic E-state index is -0.166. The fourth-order valence-electron chi connectivity index (χ4n) is 3.88. The molecule has 4 nitrogen and oxygen atoms in total. The molecule has 0 saturated carbocycles. The van der Waals surface area contributed by atoms with Gasteiger partial charge in [-0.05, 0) is 41.3 Å². The van der Waals surface area contributed by atoms with Gasteiger partial charge in [-0.25, -0.2) is 9.97 Å². The Morgan fingerprint density at radius 3 is 2.61 bits per heavy atom. The standard InChI is InChI=1S/C22H22Cl2N2O2/c1-3-18-13(2)19(27-12-14-7-5-4-6-8-14)20(28-18)15-9-10-16-17(11-15)25-22(24)26-21(16)23/h4-11,13,18-20H,3,12H2,1-2H3/t13-,18-,19-,20+/m1/s1. The second-order valence-electron chi connectivity index (χ2n) is 7.18. The van der Waals surface area contributed by atoms with Gasteiger partial charge < -0.3 is 9.47 Å². The first-order valence-corrected chi connectivity index (χ1v) is 10.3. The van der Waals surface area contributed by atoms with Gasteiger partial charge in [0.2, 0.25) is 5.28 Å². The van der Waals surface area contributed by atoms with E-state index in [1.54, 1.807) is 0 Å². The third-order valence-electron chi connectivity index (χ3n) is 5.39. The van der Waals surface area contributed by atoms with Crippen LogP contribution in [0.4, 0.5) is 0 Å². The molecular weight excluding hydrogens is 395 g/mol. The van der Waals surface area contributed by atoms with E-state index in [0.29, 0.717) is 17.3 Å². The lowest BCUT2D eigenvalue weighted by molar-refractivity contribution is -0.0336. The van der Waals surface area contributed by atoms with E-state index in [-0.39, 0.29) is 29.5 Å². The van der Waals surface area contributed by atoms with Crippen LogP contribution in [0.15, 0.2) is 48.5 Å². The number of benzene rings is 2. The van der Waals surface area contributed by atoms with Gasteiger partial charge in [-0.1, -0.05) is 61.8 Å². The molecule has 2 aromatic carbocycles. The first-order valence-electron chi connectivity index (χ1n) is 9.50. The molecule has 6 heteroatoms. The van der Waals surface area contributed by atoms with Crippen molar-refractivity contribution < 1.29 is 9.47 Å². The monoisotopic (exact) mass is 416 g/mol. The highest BCUT2D eigenvalue weighted by Gasteiger charge is 2.42. The Hall–Kier alpha value is -1.72. The number of fused-ring (bicyclic) bond motifs is 1. The number of rotatable bonds is 5. The van der Waals surface area contributed by atoms with Crippen LogP contribution in [0.5, 0.6) is 0 Å². The van der Waals surface area contributed by atoms with E-state index in [1.165, 1.54) is 0 Å². The van der Waals surface area contributed by atoms with Gasteiger partial charge in [0.1, 0.15) is 11.3 Å². The number of nitrogens with zero attached hydrogens (tertiary/aromatic N) is 2. The van der Waals surface area contributed by atoms with Crippen molar-refractivity contribution in [2.45, 2.75) is 45.2 Å². The molecule has 0 bridgehead atoms. The average Bonchev–Trinajstić information content (AvgIpc) is 3.02. The van der Waals surface area contributed by atoms with Crippen molar-refractivity contribution in [3.63, 3.8) is 0 Å². The van der Waals surface area contributed by atoms with Crippen molar-refractivity contribution >= 4 is 34.1 Å². The first-order chi connectivity index (χ1) is 13.6. The largest absolute Gasteiger partial charge is 0.370 e. The molecule has 0 unspecified atom stereocenters. The van der Waals surface area contributed by atoms with E-state index in [0.717, 1.165) is 22.9 Å². The minimum Gasteiger partial charge on any atom is -0.370 e. The summed E-state index contributed by atoms with van der Waals surface area (Å²) in [5.41, 5.74) is 2.87. The molecule has 4 rings (SSSR count). The fraction of sp³-hybridized carbons (Fsp3) is 0.364. The Morgan fingerprint density at radius 2 is 1.86 bits per heavy atom. The predicted octanol–water partition coefficient (Wildman–Crippen LogP) is 6.01. The molecule has 28 heavy (non-hydrogen) atoms. The van der Waals surface area contributed by atoms with Crippen LogP contribution in [-0.2, 0) is 16.1 Å². The van der Waals surface area contributed by atoms with Gasteiger partial charge in [0, 0.05) is 11.3 Å². The van der Waals surface area contributed by atoms with Crippen LogP contribution in [0.25, 0.3) is 10.9 Å². The number of aromatic nitrogens is 2. The molecule has 0 spiro atoms. The second kappa shape index (κ2) is 8.34. The third-order valence-corrected chi connectivity index (χ3v) is 5.84. The number of hydrogen-bond acceptors (Lipinski definition) is 4. The van der Waals surface area contributed by atoms with Gasteiger partial charge in [-0.3, -0.25) is 0 Å². The van der Waals surface area contributed by atoms with E-state index < -0.39 is 0 Å². The molecule has 0 radical (unpaired) electrons. The molecule has 1 saturated heterocycles. The Bertz CT molecular complexity index is 967. The molecular formula is C22H22Cl2N2O2. The van der Waals surface area contributed by atoms with E-state index in [2.05, 4.69) is 35.9 Å². The Balaban J connectivity index is 1.64. The van der Waals surface area contributed by atoms with Crippen LogP contribution in [0, 0.1) is 5.92 Å². The summed E-state index contributed by atoms with van der Waals surface area (Å²) in [5, 5.41) is 1.26. The van der Waals surface area contributed by atoms with Gasteiger partial charge in [0.05, 0.1) is 24.3 Å². The lowest BCUT2D eigenvalue weighted by Gasteiger charge is -2.22. The molecule has 1 aromatic heterocycles. The van der Waals surface area contributed by atoms with Crippen molar-refractivity contribution in [2.75, 3.05) is 0 Å². The quantitative estimate of drug-likeness (QED) is 0.377. The van der Waals surface area contributed by atoms with Crippen molar-refractivity contribution in [2.24, 2.45) is 5.92 Å². The van der Waals surface area contributed by atoms with Crippen molar-refractivity contribution in [1.82, 2.24) is 9.97 Å². The molecule has 1 fully saturated rings. The van der Waals surface area contributed by atoms with Crippen LogP contribution < -0.4 is 0 Å². The maximum absolute atomic E-state index is 6.38. The summed E-state index contributed by atoms with van der Waals surface area (Å²) in [6.07, 6.45) is 0.881. The zero-order valence-electron chi connectivity index (χ0n) is 15.8. The Labute approximate surface area is 174 Å². The highest BCUT2D eigenvalue weighted by molar-refractivity contribution is 6.35. The van der Waals surface area contributed by atoms with Crippen molar-refractivity contribution in [1.29, 1.82) is 0 Å². The minimum absolute atomic E-state index is 0.0459. The van der Waals surface area contributed by atoms with Crippen LogP contribution in [0.1, 0.15) is 37.5 Å². The summed E-state index contributed by atoms with van der Waals surface area (Å²) < 4.78 is 12.7. The Kier molecular flexibility index (Phi) is 5.83. The molecule has 0 amide bonds. The predicted molar refractivity (Wildman–Crippen MR) is 112 cm³/mol. The number of hydrogen-bond donors (Lipinski definition) is 0. The molecule has 1 aliphatic rings. The zero-order valence-corrected chi connectivity index (χ0v) is 17.3. The van der Waals surface area contributed by atoms with Crippen LogP contribution in [-0.4, -0.2) is 22.2 Å². The molecule has 146 valence electrons. The van der Waals surface area contributed by atoms with E-state index >= 15 is 0 Å². The first kappa shape index (κ1) is 19.6. The summed E-state index contributed by atoms with van der Waals surface area (Å²) in [6.45, 7) is 4.89. The van der Waals surface area contributed by atoms with Gasteiger partial charge in [-0.2, -0.15) is 0 Å². The molecule has 3 aromatic rings. The summed E-state index contributed by atoms with van der Waals surface area (Å²) in [4.78, 5) is 8.33. The zero-order chi connectivity index (χ0) is 19.7. The summed E-state index contributed by atoms with van der Waals surface area (Å²) in [5.74, 6) is 0.284. The lowest BCUT2D eigenvalue weighted by Crippen LogP contribution is -2.25. The van der Waals surface area contributed by atoms with E-state index in [9.17, 15) is 0 Å². The normalized spacial score (nSPS) is 24.7.